The van der Waals surface area contributed by atoms with E-state index in [9.17, 15) is 0 Å². The highest BCUT2D eigenvalue weighted by Crippen LogP contribution is 1.91. The Bertz CT molecular complexity index is 225. The molecule has 0 amide bonds. The third-order valence-electron chi connectivity index (χ3n) is 1.08. The van der Waals surface area contributed by atoms with E-state index in [-0.39, 0.29) is 24.0 Å². The second-order valence-corrected chi connectivity index (χ2v) is 1.86. The maximum atomic E-state index is 4.01. The molecule has 2 nitrogen and oxygen atoms in total. The first-order valence-corrected chi connectivity index (χ1v) is 4.22. The molecule has 0 bridgehead atoms. The molecule has 1 rings (SSSR count). The maximum Gasteiger partial charge on any atom is 0.129 e. The summed E-state index contributed by atoms with van der Waals surface area (Å²) in [7, 11) is 0. The second-order valence-electron chi connectivity index (χ2n) is 1.86. The summed E-state index contributed by atoms with van der Waals surface area (Å²) in [5.41, 5.74) is 0. The van der Waals surface area contributed by atoms with Gasteiger partial charge >= 0.3 is 0 Å². The topological polar surface area (TPSA) is 28.7 Å². The average Bonchev–Trinajstić information content (AvgIpc) is 2.61. The average molecular weight is 292 g/mol. The van der Waals surface area contributed by atoms with E-state index in [1.807, 2.05) is 45.1 Å². The highest BCUT2D eigenvalue weighted by atomic mass is 127. The van der Waals surface area contributed by atoms with Crippen molar-refractivity contribution in [1.82, 2.24) is 9.97 Å². The third kappa shape index (κ3) is 7.77. The van der Waals surface area contributed by atoms with Crippen LogP contribution in [0.15, 0.2) is 30.6 Å². The van der Waals surface area contributed by atoms with Crippen LogP contribution in [0.5, 0.6) is 0 Å². The van der Waals surface area contributed by atoms with Crippen molar-refractivity contribution in [2.24, 2.45) is 0 Å². The number of hydrogen-bond donors (Lipinski definition) is 1. The summed E-state index contributed by atoms with van der Waals surface area (Å²) >= 11 is 0. The van der Waals surface area contributed by atoms with Gasteiger partial charge in [-0.05, 0) is 13.0 Å². The number of nitrogens with one attached hydrogen (secondary N) is 1. The number of nitrogens with zero attached hydrogens (tertiary/aromatic N) is 1. The van der Waals surface area contributed by atoms with Crippen molar-refractivity contribution < 1.29 is 0 Å². The number of H-pyrrole nitrogens is 1. The molecule has 1 aromatic rings. The van der Waals surface area contributed by atoms with Crippen LogP contribution in [-0.2, 0) is 0 Å². The third-order valence-corrected chi connectivity index (χ3v) is 1.08. The Balaban J connectivity index is 0. The van der Waals surface area contributed by atoms with E-state index in [4.69, 9.17) is 0 Å². The molecule has 0 aliphatic carbocycles. The van der Waals surface area contributed by atoms with Crippen LogP contribution in [0.4, 0.5) is 0 Å². The van der Waals surface area contributed by atoms with Gasteiger partial charge in [-0.1, -0.05) is 32.1 Å². The lowest BCUT2D eigenvalue weighted by Gasteiger charge is -1.78. The van der Waals surface area contributed by atoms with Crippen molar-refractivity contribution in [2.45, 2.75) is 20.8 Å². The van der Waals surface area contributed by atoms with Crippen molar-refractivity contribution >= 4 is 30.1 Å². The first kappa shape index (κ1) is 14.9. The fourth-order valence-corrected chi connectivity index (χ4v) is 0.626. The van der Waals surface area contributed by atoms with Gasteiger partial charge in [0, 0.05) is 12.4 Å². The smallest absolute Gasteiger partial charge is 0.129 e. The summed E-state index contributed by atoms with van der Waals surface area (Å²) in [6, 6.07) is 0. The van der Waals surface area contributed by atoms with Gasteiger partial charge in [0.05, 0.1) is 0 Å². The lowest BCUT2D eigenvalue weighted by atomic mass is 10.4. The quantitative estimate of drug-likeness (QED) is 0.654. The molecule has 0 saturated heterocycles. The van der Waals surface area contributed by atoms with Gasteiger partial charge in [-0.3, -0.25) is 0 Å². The number of hydrogen-bond acceptors (Lipinski definition) is 1. The Morgan fingerprint density at radius 3 is 2.46 bits per heavy atom. The van der Waals surface area contributed by atoms with E-state index in [1.165, 1.54) is 0 Å². The molecule has 0 spiro atoms. The van der Waals surface area contributed by atoms with Crippen LogP contribution in [0.25, 0.3) is 6.08 Å². The first-order chi connectivity index (χ1) is 5.93. The molecule has 0 radical (unpaired) electrons. The van der Waals surface area contributed by atoms with Gasteiger partial charge in [0.1, 0.15) is 5.82 Å². The van der Waals surface area contributed by atoms with Crippen LogP contribution in [0.2, 0.25) is 0 Å². The monoisotopic (exact) mass is 292 g/mol. The summed E-state index contributed by atoms with van der Waals surface area (Å²) in [6.45, 7) is 5.98. The molecule has 0 atom stereocenters. The maximum absolute atomic E-state index is 4.01. The summed E-state index contributed by atoms with van der Waals surface area (Å²) in [4.78, 5) is 6.98. The van der Waals surface area contributed by atoms with E-state index in [0.29, 0.717) is 0 Å². The Hall–Kier alpha value is -0.580. The number of aromatic amines is 1. The van der Waals surface area contributed by atoms with Gasteiger partial charge in [0.15, 0.2) is 0 Å². The zero-order valence-corrected chi connectivity index (χ0v) is 10.6. The minimum atomic E-state index is 0. The first-order valence-electron chi connectivity index (χ1n) is 4.22. The SMILES string of the molecule is C/C=C\C=C/c1ncc[nH]1.CC.I. The zero-order valence-electron chi connectivity index (χ0n) is 8.32. The molecule has 0 fully saturated rings. The zero-order chi connectivity index (χ0) is 9.23. The molecule has 74 valence electrons. The molecule has 3 heteroatoms. The van der Waals surface area contributed by atoms with Crippen LogP contribution in [-0.4, -0.2) is 9.97 Å². The molecule has 0 unspecified atom stereocenters. The number of allylic oxidation sites excluding steroid dienone is 3. The van der Waals surface area contributed by atoms with E-state index >= 15 is 0 Å². The summed E-state index contributed by atoms with van der Waals surface area (Å²) in [6.07, 6.45) is 11.3. The predicted molar refractivity (Wildman–Crippen MR) is 69.2 cm³/mol. The Kier molecular flexibility index (Phi) is 13.1. The lowest BCUT2D eigenvalue weighted by Crippen LogP contribution is -1.70. The van der Waals surface area contributed by atoms with Crippen molar-refractivity contribution in [3.63, 3.8) is 0 Å². The van der Waals surface area contributed by atoms with Crippen molar-refractivity contribution in [1.29, 1.82) is 0 Å². The van der Waals surface area contributed by atoms with E-state index in [2.05, 4.69) is 9.97 Å². The van der Waals surface area contributed by atoms with Gasteiger partial charge in [-0.2, -0.15) is 0 Å². The number of aromatic nitrogens is 2. The van der Waals surface area contributed by atoms with Gasteiger partial charge in [-0.15, -0.1) is 24.0 Å². The number of halogens is 1. The lowest BCUT2D eigenvalue weighted by molar-refractivity contribution is 1.26. The number of rotatable bonds is 2. The molecule has 0 aliphatic rings. The van der Waals surface area contributed by atoms with Crippen molar-refractivity contribution in [3.05, 3.63) is 36.4 Å². The molecule has 1 aromatic heterocycles. The van der Waals surface area contributed by atoms with E-state index < -0.39 is 0 Å². The van der Waals surface area contributed by atoms with Crippen molar-refractivity contribution in [3.8, 4) is 0 Å². The van der Waals surface area contributed by atoms with Gasteiger partial charge in [0.2, 0.25) is 0 Å². The fraction of sp³-hybridized carbons (Fsp3) is 0.300. The van der Waals surface area contributed by atoms with Crippen LogP contribution in [0, 0.1) is 0 Å². The van der Waals surface area contributed by atoms with Crippen LogP contribution < -0.4 is 0 Å². The van der Waals surface area contributed by atoms with Gasteiger partial charge in [0.25, 0.3) is 0 Å². The molecule has 13 heavy (non-hydrogen) atoms. The fourth-order valence-electron chi connectivity index (χ4n) is 0.626. The summed E-state index contributed by atoms with van der Waals surface area (Å²) in [5, 5.41) is 0. The Labute approximate surface area is 97.2 Å². The molecule has 1 heterocycles. The highest BCUT2D eigenvalue weighted by molar-refractivity contribution is 14.0. The van der Waals surface area contributed by atoms with Crippen LogP contribution in [0.1, 0.15) is 26.6 Å². The second kappa shape index (κ2) is 11.4. The minimum absolute atomic E-state index is 0. The normalized spacial score (nSPS) is 9.46. The molecular weight excluding hydrogens is 275 g/mol. The summed E-state index contributed by atoms with van der Waals surface area (Å²) in [5.74, 6) is 0.887. The van der Waals surface area contributed by atoms with Gasteiger partial charge in [-0.25, -0.2) is 4.98 Å². The molecule has 1 N–H and O–H groups in total. The van der Waals surface area contributed by atoms with E-state index in [1.54, 1.807) is 12.4 Å². The minimum Gasteiger partial charge on any atom is -0.345 e. The Morgan fingerprint density at radius 1 is 1.31 bits per heavy atom. The largest absolute Gasteiger partial charge is 0.345 e. The van der Waals surface area contributed by atoms with Crippen molar-refractivity contribution in [2.75, 3.05) is 0 Å². The molecular formula is C10H17IN2. The van der Waals surface area contributed by atoms with E-state index in [0.717, 1.165) is 5.82 Å². The predicted octanol–water partition coefficient (Wildman–Crippen LogP) is 3.64. The number of imidazole rings is 1. The van der Waals surface area contributed by atoms with Crippen LogP contribution in [0.3, 0.4) is 0 Å². The standard InChI is InChI=1S/C8H10N2.C2H6.HI/c1-2-3-4-5-8-9-6-7-10-8;1-2;/h2-7H,1H3,(H,9,10);1-2H3;1H/b3-2-,5-4-;;. The molecule has 0 saturated carbocycles. The Morgan fingerprint density at radius 2 is 2.00 bits per heavy atom. The van der Waals surface area contributed by atoms with Gasteiger partial charge < -0.3 is 4.98 Å². The summed E-state index contributed by atoms with van der Waals surface area (Å²) < 4.78 is 0. The highest BCUT2D eigenvalue weighted by Gasteiger charge is 1.81. The molecule has 0 aliphatic heterocycles. The molecule has 0 aromatic carbocycles. The van der Waals surface area contributed by atoms with Crippen LogP contribution >= 0.6 is 24.0 Å².